The highest BCUT2D eigenvalue weighted by molar-refractivity contribution is 5.87. The lowest BCUT2D eigenvalue weighted by Gasteiger charge is -2.20. The number of hydrogen-bond acceptors (Lipinski definition) is 5. The van der Waals surface area contributed by atoms with Crippen molar-refractivity contribution in [2.45, 2.75) is 6.42 Å². The molecule has 0 aromatic carbocycles. The molecule has 1 rings (SSSR count). The molecule has 0 aliphatic rings. The van der Waals surface area contributed by atoms with Gasteiger partial charge >= 0.3 is 12.1 Å². The van der Waals surface area contributed by atoms with Gasteiger partial charge in [-0.1, -0.05) is 12.7 Å². The van der Waals surface area contributed by atoms with Crippen LogP contribution < -0.4 is 4.90 Å². The molecule has 7 heteroatoms. The van der Waals surface area contributed by atoms with Crippen LogP contribution in [0.15, 0.2) is 31.4 Å². The van der Waals surface area contributed by atoms with E-state index in [1.165, 1.54) is 24.8 Å². The number of ether oxygens (including phenoxy) is 1. The van der Waals surface area contributed by atoms with Crippen LogP contribution in [0.4, 0.5) is 10.5 Å². The number of aliphatic carboxylic acids is 1. The summed E-state index contributed by atoms with van der Waals surface area (Å²) in [6, 6.07) is 0. The second-order valence-corrected chi connectivity index (χ2v) is 3.26. The Bertz CT molecular complexity index is 422. The Morgan fingerprint density at radius 1 is 1.44 bits per heavy atom. The molecule has 0 radical (unpaired) electrons. The third-order valence-electron chi connectivity index (χ3n) is 1.95. The number of anilines is 1. The monoisotopic (exact) mass is 251 g/mol. The van der Waals surface area contributed by atoms with E-state index in [0.29, 0.717) is 5.69 Å². The van der Waals surface area contributed by atoms with Gasteiger partial charge < -0.3 is 9.84 Å². The predicted octanol–water partition coefficient (Wildman–Crippen LogP) is 1.08. The second-order valence-electron chi connectivity index (χ2n) is 3.26. The Balaban J connectivity index is 2.77. The minimum Gasteiger partial charge on any atom is -0.481 e. The zero-order valence-corrected chi connectivity index (χ0v) is 9.65. The number of carbonyl (C=O) groups is 2. The first-order valence-corrected chi connectivity index (χ1v) is 5.17. The van der Waals surface area contributed by atoms with E-state index in [9.17, 15) is 9.59 Å². The van der Waals surface area contributed by atoms with E-state index in [2.05, 4.69) is 16.5 Å². The van der Waals surface area contributed by atoms with Crippen LogP contribution in [0.1, 0.15) is 6.42 Å². The maximum absolute atomic E-state index is 11.7. The summed E-state index contributed by atoms with van der Waals surface area (Å²) in [7, 11) is 0. The molecule has 0 fully saturated rings. The van der Waals surface area contributed by atoms with Gasteiger partial charge in [-0.3, -0.25) is 9.69 Å². The molecule has 1 N–H and O–H groups in total. The Kier molecular flexibility index (Phi) is 5.30. The number of nitrogens with zero attached hydrogens (tertiary/aromatic N) is 3. The lowest BCUT2D eigenvalue weighted by Crippen LogP contribution is -2.33. The Labute approximate surface area is 104 Å². The summed E-state index contributed by atoms with van der Waals surface area (Å²) in [6.45, 7) is 3.46. The Morgan fingerprint density at radius 2 is 2.11 bits per heavy atom. The first-order chi connectivity index (χ1) is 8.65. The molecule has 0 aliphatic heterocycles. The van der Waals surface area contributed by atoms with Gasteiger partial charge in [0.1, 0.15) is 12.9 Å². The van der Waals surface area contributed by atoms with Crippen LogP contribution in [0.2, 0.25) is 0 Å². The fourth-order valence-corrected chi connectivity index (χ4v) is 1.17. The molecule has 0 aliphatic carbocycles. The van der Waals surface area contributed by atoms with Gasteiger partial charge in [-0.25, -0.2) is 14.8 Å². The number of amides is 1. The number of hydrogen-bond donors (Lipinski definition) is 1. The van der Waals surface area contributed by atoms with Crippen LogP contribution in [0.25, 0.3) is 0 Å². The van der Waals surface area contributed by atoms with Gasteiger partial charge in [0, 0.05) is 6.54 Å². The minimum atomic E-state index is -1.01. The number of rotatable bonds is 6. The summed E-state index contributed by atoms with van der Waals surface area (Å²) >= 11 is 0. The van der Waals surface area contributed by atoms with E-state index in [-0.39, 0.29) is 19.6 Å². The Morgan fingerprint density at radius 3 is 2.67 bits per heavy atom. The van der Waals surface area contributed by atoms with Crippen molar-refractivity contribution >= 4 is 17.7 Å². The van der Waals surface area contributed by atoms with E-state index in [1.807, 2.05) is 0 Å². The van der Waals surface area contributed by atoms with Crippen molar-refractivity contribution in [1.82, 2.24) is 9.97 Å². The highest BCUT2D eigenvalue weighted by Crippen LogP contribution is 2.12. The molecule has 96 valence electrons. The van der Waals surface area contributed by atoms with Gasteiger partial charge in [-0.15, -0.1) is 0 Å². The number of carbonyl (C=O) groups excluding carboxylic acids is 1. The van der Waals surface area contributed by atoms with Crippen molar-refractivity contribution < 1.29 is 19.4 Å². The summed E-state index contributed by atoms with van der Waals surface area (Å²) in [5.74, 6) is -1.01. The molecule has 18 heavy (non-hydrogen) atoms. The molecule has 0 atom stereocenters. The molecule has 1 amide bonds. The van der Waals surface area contributed by atoms with Crippen molar-refractivity contribution in [3.05, 3.63) is 31.4 Å². The van der Waals surface area contributed by atoms with Crippen LogP contribution in [-0.4, -0.2) is 40.3 Å². The largest absolute Gasteiger partial charge is 0.481 e. The van der Waals surface area contributed by atoms with Crippen molar-refractivity contribution in [1.29, 1.82) is 0 Å². The van der Waals surface area contributed by atoms with Gasteiger partial charge in [0.15, 0.2) is 0 Å². The van der Waals surface area contributed by atoms with E-state index >= 15 is 0 Å². The van der Waals surface area contributed by atoms with Gasteiger partial charge in [0.2, 0.25) is 0 Å². The fraction of sp³-hybridized carbons (Fsp3) is 0.273. The van der Waals surface area contributed by atoms with E-state index in [4.69, 9.17) is 9.84 Å². The third-order valence-corrected chi connectivity index (χ3v) is 1.95. The number of carboxylic acids is 1. The summed E-state index contributed by atoms with van der Waals surface area (Å²) in [6.07, 6.45) is 4.69. The summed E-state index contributed by atoms with van der Waals surface area (Å²) in [5.41, 5.74) is 0.382. The molecule has 1 aromatic rings. The lowest BCUT2D eigenvalue weighted by molar-refractivity contribution is -0.136. The molecular weight excluding hydrogens is 238 g/mol. The van der Waals surface area contributed by atoms with Gasteiger partial charge in [0.25, 0.3) is 0 Å². The molecular formula is C11H13N3O4. The molecule has 1 heterocycles. The normalized spacial score (nSPS) is 9.56. The average Bonchev–Trinajstić information content (AvgIpc) is 2.37. The van der Waals surface area contributed by atoms with Crippen molar-refractivity contribution in [2.24, 2.45) is 0 Å². The highest BCUT2D eigenvalue weighted by atomic mass is 16.6. The first kappa shape index (κ1) is 13.6. The zero-order chi connectivity index (χ0) is 13.4. The van der Waals surface area contributed by atoms with Gasteiger partial charge in [0.05, 0.1) is 24.5 Å². The summed E-state index contributed by atoms with van der Waals surface area (Å²) in [5, 5.41) is 8.64. The first-order valence-electron chi connectivity index (χ1n) is 5.17. The van der Waals surface area contributed by atoms with Crippen molar-refractivity contribution in [2.75, 3.05) is 18.1 Å². The van der Waals surface area contributed by atoms with Gasteiger partial charge in [-0.2, -0.15) is 0 Å². The number of aromatic nitrogens is 2. The van der Waals surface area contributed by atoms with Gasteiger partial charge in [-0.05, 0) is 0 Å². The minimum absolute atomic E-state index is 0.0152. The fourth-order valence-electron chi connectivity index (χ4n) is 1.17. The van der Waals surface area contributed by atoms with E-state index in [0.717, 1.165) is 4.90 Å². The maximum Gasteiger partial charge on any atom is 0.414 e. The van der Waals surface area contributed by atoms with Crippen LogP contribution in [0, 0.1) is 0 Å². The van der Waals surface area contributed by atoms with Crippen molar-refractivity contribution in [3.8, 4) is 0 Å². The molecule has 0 spiro atoms. The topological polar surface area (TPSA) is 92.6 Å². The average molecular weight is 251 g/mol. The predicted molar refractivity (Wildman–Crippen MR) is 63.2 cm³/mol. The molecule has 1 aromatic heterocycles. The zero-order valence-electron chi connectivity index (χ0n) is 9.65. The summed E-state index contributed by atoms with van der Waals surface area (Å²) < 4.78 is 4.86. The van der Waals surface area contributed by atoms with Crippen LogP contribution >= 0.6 is 0 Å². The number of carboxylic acid groups (broad SMARTS) is 1. The van der Waals surface area contributed by atoms with Crippen LogP contribution in [0.5, 0.6) is 0 Å². The smallest absolute Gasteiger partial charge is 0.414 e. The maximum atomic E-state index is 11.7. The molecule has 0 saturated carbocycles. The summed E-state index contributed by atoms with van der Waals surface area (Å²) in [4.78, 5) is 31.0. The molecule has 0 bridgehead atoms. The van der Waals surface area contributed by atoms with E-state index < -0.39 is 12.1 Å². The van der Waals surface area contributed by atoms with Crippen LogP contribution in [-0.2, 0) is 9.53 Å². The van der Waals surface area contributed by atoms with Crippen LogP contribution in [0.3, 0.4) is 0 Å². The SMILES string of the molecule is C=CCOC(=O)N(CCC(=O)O)c1cncnc1. The second kappa shape index (κ2) is 7.00. The third kappa shape index (κ3) is 4.20. The lowest BCUT2D eigenvalue weighted by atomic mass is 10.3. The molecule has 0 unspecified atom stereocenters. The molecule has 7 nitrogen and oxygen atoms in total. The van der Waals surface area contributed by atoms with E-state index in [1.54, 1.807) is 0 Å². The quantitative estimate of drug-likeness (QED) is 0.760. The highest BCUT2D eigenvalue weighted by Gasteiger charge is 2.18. The van der Waals surface area contributed by atoms with Crippen molar-refractivity contribution in [3.63, 3.8) is 0 Å². The Hall–Kier alpha value is -2.44. The standard InChI is InChI=1S/C11H13N3O4/c1-2-5-18-11(17)14(4-3-10(15)16)9-6-12-8-13-7-9/h2,6-8H,1,3-5H2,(H,15,16). The molecule has 0 saturated heterocycles.